The minimum Gasteiger partial charge on any atom is -0.359 e. The van der Waals surface area contributed by atoms with Crippen LogP contribution in [0.1, 0.15) is 22.8 Å². The number of carbonyl (C=O) groups excluding carboxylic acids is 2. The lowest BCUT2D eigenvalue weighted by Crippen LogP contribution is -2.37. The van der Waals surface area contributed by atoms with E-state index in [4.69, 9.17) is 0 Å². The molecule has 0 fully saturated rings. The molecule has 2 aromatic carbocycles. The Morgan fingerprint density at radius 1 is 1.22 bits per heavy atom. The molecule has 1 heterocycles. The van der Waals surface area contributed by atoms with Gasteiger partial charge >= 0.3 is 0 Å². The van der Waals surface area contributed by atoms with Crippen LogP contribution in [0.3, 0.4) is 0 Å². The molecule has 0 radical (unpaired) electrons. The van der Waals surface area contributed by atoms with Gasteiger partial charge in [0.2, 0.25) is 5.91 Å². The lowest BCUT2D eigenvalue weighted by molar-refractivity contribution is -0.384. The van der Waals surface area contributed by atoms with Gasteiger partial charge in [0.05, 0.1) is 11.5 Å². The molecule has 1 unspecified atom stereocenters. The van der Waals surface area contributed by atoms with Gasteiger partial charge in [-0.15, -0.1) is 0 Å². The summed E-state index contributed by atoms with van der Waals surface area (Å²) in [5.74, 6) is -0.384. The average molecular weight is 368 g/mol. The normalized spacial score (nSPS) is 15.2. The molecule has 2 N–H and O–H groups in total. The lowest BCUT2D eigenvalue weighted by Gasteiger charge is -2.24. The van der Waals surface area contributed by atoms with Crippen molar-refractivity contribution in [1.82, 2.24) is 5.32 Å². The summed E-state index contributed by atoms with van der Waals surface area (Å²) in [6.45, 7) is 2.13. The SMILES string of the molecule is CNC(=O)c1ccc(NC(=O)CN2c3ccc([N+](=O)[O-])cc3CC2C)cc1. The number of nitro groups is 1. The topological polar surface area (TPSA) is 105 Å². The molecule has 8 nitrogen and oxygen atoms in total. The predicted octanol–water partition coefficient (Wildman–Crippen LogP) is 2.34. The number of anilines is 2. The van der Waals surface area contributed by atoms with Crippen LogP contribution in [0.4, 0.5) is 17.1 Å². The molecule has 0 saturated heterocycles. The van der Waals surface area contributed by atoms with E-state index in [9.17, 15) is 19.7 Å². The number of nitrogens with one attached hydrogen (secondary N) is 2. The summed E-state index contributed by atoms with van der Waals surface area (Å²) in [6, 6.07) is 11.4. The molecule has 0 spiro atoms. The van der Waals surface area contributed by atoms with E-state index in [0.717, 1.165) is 11.3 Å². The molecule has 0 aliphatic carbocycles. The first-order valence-corrected chi connectivity index (χ1v) is 8.55. The zero-order chi connectivity index (χ0) is 19.6. The van der Waals surface area contributed by atoms with Gasteiger partial charge in [0.1, 0.15) is 0 Å². The predicted molar refractivity (Wildman–Crippen MR) is 102 cm³/mol. The second-order valence-corrected chi connectivity index (χ2v) is 6.46. The van der Waals surface area contributed by atoms with Crippen LogP contribution in [0.25, 0.3) is 0 Å². The third-order valence-corrected chi connectivity index (χ3v) is 4.60. The molecule has 0 saturated carbocycles. The Morgan fingerprint density at radius 2 is 1.93 bits per heavy atom. The Kier molecular flexibility index (Phi) is 5.07. The highest BCUT2D eigenvalue weighted by atomic mass is 16.6. The molecule has 27 heavy (non-hydrogen) atoms. The number of hydrogen-bond donors (Lipinski definition) is 2. The van der Waals surface area contributed by atoms with Crippen LogP contribution < -0.4 is 15.5 Å². The fourth-order valence-corrected chi connectivity index (χ4v) is 3.24. The van der Waals surface area contributed by atoms with E-state index in [-0.39, 0.29) is 30.1 Å². The van der Waals surface area contributed by atoms with Gasteiger partial charge in [0.15, 0.2) is 0 Å². The monoisotopic (exact) mass is 368 g/mol. The van der Waals surface area contributed by atoms with Gasteiger partial charge in [-0.1, -0.05) is 0 Å². The van der Waals surface area contributed by atoms with Gasteiger partial charge < -0.3 is 15.5 Å². The van der Waals surface area contributed by atoms with Crippen LogP contribution in [0.2, 0.25) is 0 Å². The molecule has 1 aliphatic rings. The van der Waals surface area contributed by atoms with Crippen LogP contribution in [0, 0.1) is 10.1 Å². The molecular formula is C19H20N4O4. The highest BCUT2D eigenvalue weighted by Crippen LogP contribution is 2.34. The second kappa shape index (κ2) is 7.45. The molecule has 140 valence electrons. The van der Waals surface area contributed by atoms with Gasteiger partial charge in [0.25, 0.3) is 11.6 Å². The Morgan fingerprint density at radius 3 is 2.56 bits per heavy atom. The van der Waals surface area contributed by atoms with E-state index in [2.05, 4.69) is 10.6 Å². The third kappa shape index (κ3) is 3.89. The van der Waals surface area contributed by atoms with E-state index in [1.165, 1.54) is 6.07 Å². The highest BCUT2D eigenvalue weighted by Gasteiger charge is 2.29. The number of nitro benzene ring substituents is 1. The first-order valence-electron chi connectivity index (χ1n) is 8.55. The number of amides is 2. The summed E-state index contributed by atoms with van der Waals surface area (Å²) in [5, 5.41) is 16.3. The van der Waals surface area contributed by atoms with E-state index in [1.807, 2.05) is 11.8 Å². The first-order chi connectivity index (χ1) is 12.9. The fourth-order valence-electron chi connectivity index (χ4n) is 3.24. The number of hydrogen-bond acceptors (Lipinski definition) is 5. The minimum absolute atomic E-state index is 0.0588. The number of rotatable bonds is 5. The van der Waals surface area contributed by atoms with E-state index in [1.54, 1.807) is 43.4 Å². The Hall–Kier alpha value is -3.42. The Balaban J connectivity index is 1.68. The lowest BCUT2D eigenvalue weighted by atomic mass is 10.1. The van der Waals surface area contributed by atoms with Crippen molar-refractivity contribution in [3.63, 3.8) is 0 Å². The van der Waals surface area contributed by atoms with Gasteiger partial charge in [-0.3, -0.25) is 19.7 Å². The minimum atomic E-state index is -0.414. The second-order valence-electron chi connectivity index (χ2n) is 6.46. The molecule has 1 aliphatic heterocycles. The van der Waals surface area contributed by atoms with Crippen LogP contribution in [-0.4, -0.2) is 36.4 Å². The average Bonchev–Trinajstić information content (AvgIpc) is 2.96. The summed E-state index contributed by atoms with van der Waals surface area (Å²) >= 11 is 0. The maximum absolute atomic E-state index is 12.4. The van der Waals surface area contributed by atoms with Crippen molar-refractivity contribution < 1.29 is 14.5 Å². The summed E-state index contributed by atoms with van der Waals surface area (Å²) in [7, 11) is 1.56. The smallest absolute Gasteiger partial charge is 0.269 e. The zero-order valence-electron chi connectivity index (χ0n) is 15.1. The highest BCUT2D eigenvalue weighted by molar-refractivity contribution is 5.97. The van der Waals surface area contributed by atoms with Crippen molar-refractivity contribution in [1.29, 1.82) is 0 Å². The van der Waals surface area contributed by atoms with Crippen molar-refractivity contribution in [3.8, 4) is 0 Å². The maximum atomic E-state index is 12.4. The summed E-state index contributed by atoms with van der Waals surface area (Å²) in [5.41, 5.74) is 2.89. The van der Waals surface area contributed by atoms with E-state index >= 15 is 0 Å². The van der Waals surface area contributed by atoms with Gasteiger partial charge in [-0.05, 0) is 49.2 Å². The van der Waals surface area contributed by atoms with Crippen molar-refractivity contribution >= 4 is 28.9 Å². The van der Waals surface area contributed by atoms with Crippen LogP contribution in [0.5, 0.6) is 0 Å². The summed E-state index contributed by atoms with van der Waals surface area (Å²) < 4.78 is 0. The standard InChI is InChI=1S/C19H20N4O4/c1-12-9-14-10-16(23(26)27)7-8-17(14)22(12)11-18(24)21-15-5-3-13(4-6-15)19(25)20-2/h3-8,10,12H,9,11H2,1-2H3,(H,20,25)(H,21,24). The fraction of sp³-hybridized carbons (Fsp3) is 0.263. The third-order valence-electron chi connectivity index (χ3n) is 4.60. The van der Waals surface area contributed by atoms with Gasteiger partial charge in [0, 0.05) is 42.2 Å². The Labute approximate surface area is 156 Å². The van der Waals surface area contributed by atoms with Crippen molar-refractivity contribution in [2.75, 3.05) is 23.8 Å². The van der Waals surface area contributed by atoms with Crippen molar-refractivity contribution in [2.24, 2.45) is 0 Å². The summed E-state index contributed by atoms with van der Waals surface area (Å²) in [6.07, 6.45) is 0.658. The number of fused-ring (bicyclic) bond motifs is 1. The van der Waals surface area contributed by atoms with Gasteiger partial charge in [-0.2, -0.15) is 0 Å². The molecule has 0 bridgehead atoms. The summed E-state index contributed by atoms with van der Waals surface area (Å²) in [4.78, 5) is 36.4. The zero-order valence-corrected chi connectivity index (χ0v) is 15.1. The first kappa shape index (κ1) is 18.4. The molecule has 2 amide bonds. The quantitative estimate of drug-likeness (QED) is 0.623. The van der Waals surface area contributed by atoms with E-state index < -0.39 is 4.92 Å². The largest absolute Gasteiger partial charge is 0.359 e. The number of benzene rings is 2. The number of non-ortho nitro benzene ring substituents is 1. The van der Waals surface area contributed by atoms with Gasteiger partial charge in [-0.25, -0.2) is 0 Å². The van der Waals surface area contributed by atoms with Crippen LogP contribution in [-0.2, 0) is 11.2 Å². The van der Waals surface area contributed by atoms with Crippen molar-refractivity contribution in [2.45, 2.75) is 19.4 Å². The van der Waals surface area contributed by atoms with Crippen molar-refractivity contribution in [3.05, 3.63) is 63.7 Å². The number of nitrogens with zero attached hydrogens (tertiary/aromatic N) is 2. The van der Waals surface area contributed by atoms with Crippen LogP contribution in [0.15, 0.2) is 42.5 Å². The molecule has 3 rings (SSSR count). The maximum Gasteiger partial charge on any atom is 0.269 e. The number of carbonyl (C=O) groups is 2. The molecule has 2 aromatic rings. The molecule has 0 aromatic heterocycles. The molecule has 1 atom stereocenters. The molecule has 8 heteroatoms. The Bertz CT molecular complexity index is 895. The van der Waals surface area contributed by atoms with Crippen LogP contribution >= 0.6 is 0 Å². The van der Waals surface area contributed by atoms with E-state index in [0.29, 0.717) is 17.7 Å². The molecular weight excluding hydrogens is 348 g/mol.